The van der Waals surface area contributed by atoms with Crippen LogP contribution in [0.5, 0.6) is 0 Å². The molecule has 2 aromatic carbocycles. The van der Waals surface area contributed by atoms with E-state index in [9.17, 15) is 22.0 Å². The number of sulfonamides is 1. The van der Waals surface area contributed by atoms with E-state index in [-0.39, 0.29) is 22.6 Å². The van der Waals surface area contributed by atoms with E-state index in [0.29, 0.717) is 5.52 Å². The summed E-state index contributed by atoms with van der Waals surface area (Å²) in [7, 11) is -2.60. The molecule has 4 rings (SSSR count). The molecule has 12 heteroatoms. The van der Waals surface area contributed by atoms with Crippen LogP contribution in [0.2, 0.25) is 0 Å². The van der Waals surface area contributed by atoms with E-state index in [0.717, 1.165) is 10.4 Å². The zero-order valence-electron chi connectivity index (χ0n) is 16.5. The summed E-state index contributed by atoms with van der Waals surface area (Å²) >= 11 is 0. The smallest absolute Gasteiger partial charge is 0.291 e. The molecule has 3 aromatic rings. The van der Waals surface area contributed by atoms with E-state index in [2.05, 4.69) is 20.6 Å². The highest BCUT2D eigenvalue weighted by Crippen LogP contribution is 2.31. The van der Waals surface area contributed by atoms with Crippen molar-refractivity contribution in [3.63, 3.8) is 0 Å². The Bertz CT molecular complexity index is 1340. The fraction of sp³-hybridized carbons (Fsp3) is 0.211. The van der Waals surface area contributed by atoms with Gasteiger partial charge in [0.15, 0.2) is 5.82 Å². The molecule has 1 amide bonds. The predicted octanol–water partition coefficient (Wildman–Crippen LogP) is 2.11. The maximum Gasteiger partial charge on any atom is 0.291 e. The van der Waals surface area contributed by atoms with Crippen LogP contribution in [-0.4, -0.2) is 47.4 Å². The molecule has 2 heterocycles. The first kappa shape index (κ1) is 20.7. The molecule has 1 aliphatic heterocycles. The number of carbonyl (C=O) groups excluding carboxylic acids is 1. The number of halogens is 2. The minimum absolute atomic E-state index is 0.0293. The Labute approximate surface area is 176 Å². The minimum Gasteiger partial charge on any atom is -0.345 e. The number of imidazole rings is 1. The van der Waals surface area contributed by atoms with Crippen molar-refractivity contribution in [3.8, 4) is 0 Å². The average Bonchev–Trinajstić information content (AvgIpc) is 3.10. The molecule has 0 aliphatic carbocycles. The van der Waals surface area contributed by atoms with Gasteiger partial charge in [0.1, 0.15) is 11.6 Å². The van der Waals surface area contributed by atoms with Gasteiger partial charge in [0.2, 0.25) is 16.0 Å². The molecule has 0 bridgehead atoms. The Balaban J connectivity index is 1.64. The first-order valence-electron chi connectivity index (χ1n) is 9.08. The van der Waals surface area contributed by atoms with Crippen LogP contribution in [0, 0.1) is 17.0 Å². The van der Waals surface area contributed by atoms with Gasteiger partial charge in [-0.25, -0.2) is 26.5 Å². The fourth-order valence-electron chi connectivity index (χ4n) is 3.42. The summed E-state index contributed by atoms with van der Waals surface area (Å²) in [6, 6.07) is 7.58. The van der Waals surface area contributed by atoms with Gasteiger partial charge in [-0.1, -0.05) is 0 Å². The standard InChI is InChI=1S/C19H18F2N6O3S/c1-19(9-31(29,30)27(2)18(22)26-19)12-8-11(4-5-13(12)21)23-17(28)16-24-14-6-3-10(20)7-15(14)25-16/h3-8H,9H2,1-2H3,(H2,22,26)(H,23,28)(H,24,25)/t19-/m0/s1. The average molecular weight is 448 g/mol. The van der Waals surface area contributed by atoms with Gasteiger partial charge in [0.05, 0.1) is 22.3 Å². The number of carbonyl (C=O) groups is 1. The Hall–Kier alpha value is -3.54. The number of H-pyrrole nitrogens is 1. The molecule has 1 fully saturated rings. The van der Waals surface area contributed by atoms with E-state index in [1.165, 1.54) is 44.3 Å². The van der Waals surface area contributed by atoms with Gasteiger partial charge in [-0.15, -0.1) is 0 Å². The van der Waals surface area contributed by atoms with Crippen molar-refractivity contribution in [1.82, 2.24) is 19.6 Å². The van der Waals surface area contributed by atoms with Gasteiger partial charge >= 0.3 is 0 Å². The second kappa shape index (κ2) is 7.01. The molecule has 0 spiro atoms. The van der Waals surface area contributed by atoms with Crippen LogP contribution in [-0.2, 0) is 15.6 Å². The number of nitrogens with one attached hydrogen (secondary N) is 4. The predicted molar refractivity (Wildman–Crippen MR) is 110 cm³/mol. The van der Waals surface area contributed by atoms with E-state index in [1.54, 1.807) is 0 Å². The number of guanidine groups is 1. The third-order valence-electron chi connectivity index (χ3n) is 5.08. The second-order valence-electron chi connectivity index (χ2n) is 7.43. The van der Waals surface area contributed by atoms with Gasteiger partial charge < -0.3 is 15.6 Å². The normalized spacial score (nSPS) is 20.5. The summed E-state index contributed by atoms with van der Waals surface area (Å²) < 4.78 is 53.5. The summed E-state index contributed by atoms with van der Waals surface area (Å²) in [6.45, 7) is 1.46. The number of anilines is 1. The highest BCUT2D eigenvalue weighted by atomic mass is 32.2. The van der Waals surface area contributed by atoms with Crippen LogP contribution >= 0.6 is 0 Å². The van der Waals surface area contributed by atoms with Crippen molar-refractivity contribution in [1.29, 1.82) is 5.41 Å². The molecule has 4 N–H and O–H groups in total. The topological polar surface area (TPSA) is 131 Å². The molecule has 162 valence electrons. The monoisotopic (exact) mass is 448 g/mol. The van der Waals surface area contributed by atoms with E-state index in [4.69, 9.17) is 5.41 Å². The lowest BCUT2D eigenvalue weighted by Crippen LogP contribution is -2.61. The molecule has 9 nitrogen and oxygen atoms in total. The molecule has 1 atom stereocenters. The number of aromatic amines is 1. The molecule has 0 radical (unpaired) electrons. The van der Waals surface area contributed by atoms with Crippen molar-refractivity contribution >= 4 is 38.6 Å². The van der Waals surface area contributed by atoms with Gasteiger partial charge in [0, 0.05) is 24.4 Å². The van der Waals surface area contributed by atoms with Gasteiger partial charge in [-0.2, -0.15) is 0 Å². The number of fused-ring (bicyclic) bond motifs is 1. The first-order valence-corrected chi connectivity index (χ1v) is 10.7. The Kier molecular flexibility index (Phi) is 4.69. The van der Waals surface area contributed by atoms with Crippen LogP contribution < -0.4 is 10.6 Å². The highest BCUT2D eigenvalue weighted by molar-refractivity contribution is 7.89. The van der Waals surface area contributed by atoms with Crippen molar-refractivity contribution < 1.29 is 22.0 Å². The zero-order chi connectivity index (χ0) is 22.6. The lowest BCUT2D eigenvalue weighted by atomic mass is 9.93. The molecule has 0 unspecified atom stereocenters. The molecule has 31 heavy (non-hydrogen) atoms. The Morgan fingerprint density at radius 1 is 1.26 bits per heavy atom. The lowest BCUT2D eigenvalue weighted by Gasteiger charge is -2.40. The Morgan fingerprint density at radius 3 is 2.71 bits per heavy atom. The third kappa shape index (κ3) is 3.69. The van der Waals surface area contributed by atoms with Crippen LogP contribution in [0.3, 0.4) is 0 Å². The van der Waals surface area contributed by atoms with E-state index < -0.39 is 44.8 Å². The van der Waals surface area contributed by atoms with Crippen molar-refractivity contribution in [2.75, 3.05) is 18.1 Å². The quantitative estimate of drug-likeness (QED) is 0.487. The molecular formula is C19H18F2N6O3S. The summed E-state index contributed by atoms with van der Waals surface area (Å²) in [6.07, 6.45) is 0. The highest BCUT2D eigenvalue weighted by Gasteiger charge is 2.43. The SMILES string of the molecule is CN1C(=N)N[C@](C)(c2cc(NC(=O)c3nc4cc(F)ccc4[nH]3)ccc2F)CS1(=O)=O. The maximum atomic E-state index is 14.6. The van der Waals surface area contributed by atoms with Crippen molar-refractivity contribution in [2.45, 2.75) is 12.5 Å². The lowest BCUT2D eigenvalue weighted by molar-refractivity contribution is 0.101. The third-order valence-corrected chi connectivity index (χ3v) is 7.04. The number of nitrogens with zero attached hydrogens (tertiary/aromatic N) is 2. The number of benzene rings is 2. The first-order chi connectivity index (χ1) is 14.5. The molecule has 1 aromatic heterocycles. The number of hydrogen-bond donors (Lipinski definition) is 4. The van der Waals surface area contributed by atoms with Crippen LogP contribution in [0.15, 0.2) is 36.4 Å². The van der Waals surface area contributed by atoms with Gasteiger partial charge in [-0.3, -0.25) is 10.2 Å². The summed E-state index contributed by atoms with van der Waals surface area (Å²) in [4.78, 5) is 19.4. The van der Waals surface area contributed by atoms with Crippen LogP contribution in [0.1, 0.15) is 23.1 Å². The number of aromatic nitrogens is 2. The molecule has 0 saturated carbocycles. The summed E-state index contributed by atoms with van der Waals surface area (Å²) in [5.74, 6) is -2.77. The number of hydrogen-bond acceptors (Lipinski definition) is 5. The van der Waals surface area contributed by atoms with Crippen LogP contribution in [0.25, 0.3) is 11.0 Å². The van der Waals surface area contributed by atoms with E-state index >= 15 is 0 Å². The maximum absolute atomic E-state index is 14.6. The van der Waals surface area contributed by atoms with Crippen molar-refractivity contribution in [2.24, 2.45) is 0 Å². The molecular weight excluding hydrogens is 430 g/mol. The summed E-state index contributed by atoms with van der Waals surface area (Å²) in [5.41, 5.74) is -0.517. The molecule has 1 saturated heterocycles. The van der Waals surface area contributed by atoms with Gasteiger partial charge in [-0.05, 0) is 37.3 Å². The Morgan fingerprint density at radius 2 is 2.00 bits per heavy atom. The largest absolute Gasteiger partial charge is 0.345 e. The zero-order valence-corrected chi connectivity index (χ0v) is 17.3. The van der Waals surface area contributed by atoms with Crippen LogP contribution in [0.4, 0.5) is 14.5 Å². The van der Waals surface area contributed by atoms with E-state index in [1.807, 2.05) is 0 Å². The minimum atomic E-state index is -3.83. The summed E-state index contributed by atoms with van der Waals surface area (Å²) in [5, 5.41) is 13.2. The van der Waals surface area contributed by atoms with Gasteiger partial charge in [0.25, 0.3) is 5.91 Å². The van der Waals surface area contributed by atoms with Crippen molar-refractivity contribution in [3.05, 3.63) is 59.4 Å². The number of rotatable bonds is 3. The fourth-order valence-corrected chi connectivity index (χ4v) is 4.90. The second-order valence-corrected chi connectivity index (χ2v) is 9.43. The molecule has 1 aliphatic rings. The number of amides is 1.